The largest absolute Gasteiger partial charge is 0.491 e. The van der Waals surface area contributed by atoms with Gasteiger partial charge >= 0.3 is 0 Å². The van der Waals surface area contributed by atoms with Crippen LogP contribution in [0, 0.1) is 0 Å². The molecule has 0 saturated heterocycles. The molecule has 1 aliphatic heterocycles. The van der Waals surface area contributed by atoms with E-state index in [1.165, 1.54) is 24.0 Å². The zero-order chi connectivity index (χ0) is 21.5. The van der Waals surface area contributed by atoms with Gasteiger partial charge in [0.25, 0.3) is 5.91 Å². The first-order chi connectivity index (χ1) is 14.3. The number of benzene rings is 3. The molecule has 0 saturated carbocycles. The molecule has 5 nitrogen and oxygen atoms in total. The number of Topliss-reactive ketones (excluding diaryl/α,β-unsaturated/α-hetero) is 1. The van der Waals surface area contributed by atoms with Crippen molar-refractivity contribution >= 4 is 51.4 Å². The van der Waals surface area contributed by atoms with Crippen molar-refractivity contribution in [2.75, 3.05) is 18.1 Å². The number of rotatable bonds is 6. The lowest BCUT2D eigenvalue weighted by molar-refractivity contribution is -0.141. The molecule has 1 heterocycles. The Hall–Kier alpha value is -2.60. The summed E-state index contributed by atoms with van der Waals surface area (Å²) in [6.07, 6.45) is -0.336. The molecule has 154 valence electrons. The highest BCUT2D eigenvalue weighted by molar-refractivity contribution is 6.44. The van der Waals surface area contributed by atoms with Crippen molar-refractivity contribution < 1.29 is 19.4 Å². The fourth-order valence-electron chi connectivity index (χ4n) is 3.89. The molecule has 0 aliphatic carbocycles. The Morgan fingerprint density at radius 1 is 1.10 bits per heavy atom. The molecule has 3 aromatic carbocycles. The summed E-state index contributed by atoms with van der Waals surface area (Å²) in [6, 6.07) is 16.6. The molecule has 1 aliphatic rings. The third-order valence-electron chi connectivity index (χ3n) is 5.21. The van der Waals surface area contributed by atoms with Crippen LogP contribution in [-0.2, 0) is 15.2 Å². The number of carbonyl (C=O) groups excluding carboxylic acids is 2. The summed E-state index contributed by atoms with van der Waals surface area (Å²) in [5, 5.41) is 13.5. The number of fused-ring (bicyclic) bond motifs is 2. The molecule has 1 amide bonds. The molecule has 0 spiro atoms. The lowest BCUT2D eigenvalue weighted by Crippen LogP contribution is -2.43. The van der Waals surface area contributed by atoms with Gasteiger partial charge in [0, 0.05) is 17.4 Å². The van der Waals surface area contributed by atoms with E-state index in [2.05, 4.69) is 0 Å². The average Bonchev–Trinajstić information content (AvgIpc) is 2.92. The molecular formula is C23H19Cl2NO4. The van der Waals surface area contributed by atoms with E-state index in [0.29, 0.717) is 11.4 Å². The van der Waals surface area contributed by atoms with Crippen LogP contribution in [-0.4, -0.2) is 29.9 Å². The number of carbonyl (C=O) groups is 2. The minimum absolute atomic E-state index is 0.134. The summed E-state index contributed by atoms with van der Waals surface area (Å²) in [5.74, 6) is -0.230. The van der Waals surface area contributed by atoms with E-state index < -0.39 is 11.5 Å². The quantitative estimate of drug-likeness (QED) is 0.597. The van der Waals surface area contributed by atoms with Gasteiger partial charge in [-0.2, -0.15) is 0 Å². The van der Waals surface area contributed by atoms with E-state index in [4.69, 9.17) is 27.9 Å². The first-order valence-corrected chi connectivity index (χ1v) is 10.2. The predicted molar refractivity (Wildman–Crippen MR) is 117 cm³/mol. The highest BCUT2D eigenvalue weighted by atomic mass is 35.5. The SMILES string of the molecule is CC(=O)CC1(O)C(=O)N(CCOc2cccc3ccccc23)c2c1ccc(Cl)c2Cl. The van der Waals surface area contributed by atoms with Crippen LogP contribution in [0.4, 0.5) is 5.69 Å². The van der Waals surface area contributed by atoms with Crippen molar-refractivity contribution in [1.29, 1.82) is 0 Å². The predicted octanol–water partition coefficient (Wildman–Crippen LogP) is 4.74. The second-order valence-electron chi connectivity index (χ2n) is 7.28. The van der Waals surface area contributed by atoms with Crippen LogP contribution < -0.4 is 9.64 Å². The molecule has 3 aromatic rings. The summed E-state index contributed by atoms with van der Waals surface area (Å²) in [5.41, 5.74) is -1.36. The Balaban J connectivity index is 1.62. The lowest BCUT2D eigenvalue weighted by Gasteiger charge is -2.22. The van der Waals surface area contributed by atoms with Gasteiger partial charge in [-0.25, -0.2) is 0 Å². The van der Waals surface area contributed by atoms with Gasteiger partial charge in [-0.15, -0.1) is 0 Å². The zero-order valence-corrected chi connectivity index (χ0v) is 17.7. The molecule has 0 radical (unpaired) electrons. The van der Waals surface area contributed by atoms with Gasteiger partial charge in [0.15, 0.2) is 5.60 Å². The van der Waals surface area contributed by atoms with Gasteiger partial charge in [0.05, 0.1) is 22.3 Å². The topological polar surface area (TPSA) is 66.8 Å². The fourth-order valence-corrected chi connectivity index (χ4v) is 4.31. The first kappa shape index (κ1) is 20.7. The highest BCUT2D eigenvalue weighted by Gasteiger charge is 2.51. The standard InChI is InChI=1S/C23H19Cl2NO4/c1-14(27)13-23(29)17-9-10-18(24)20(25)21(17)26(22(23)28)11-12-30-19-8-4-6-15-5-2-3-7-16(15)19/h2-10,29H,11-13H2,1H3. The van der Waals surface area contributed by atoms with E-state index in [1.54, 1.807) is 0 Å². The molecule has 1 N–H and O–H groups in total. The normalized spacial score (nSPS) is 18.0. The Morgan fingerprint density at radius 2 is 1.83 bits per heavy atom. The molecule has 0 fully saturated rings. The average molecular weight is 444 g/mol. The molecule has 0 bridgehead atoms. The number of nitrogens with zero attached hydrogens (tertiary/aromatic N) is 1. The highest BCUT2D eigenvalue weighted by Crippen LogP contribution is 2.48. The van der Waals surface area contributed by atoms with Gasteiger partial charge in [-0.05, 0) is 24.4 Å². The van der Waals surface area contributed by atoms with Crippen LogP contribution in [0.1, 0.15) is 18.9 Å². The lowest BCUT2D eigenvalue weighted by atomic mass is 9.90. The third-order valence-corrected chi connectivity index (χ3v) is 6.00. The van der Waals surface area contributed by atoms with Gasteiger partial charge in [0.2, 0.25) is 0 Å². The van der Waals surface area contributed by atoms with Crippen molar-refractivity contribution in [3.8, 4) is 5.75 Å². The molecule has 7 heteroatoms. The summed E-state index contributed by atoms with van der Waals surface area (Å²) < 4.78 is 5.95. The van der Waals surface area contributed by atoms with E-state index in [9.17, 15) is 14.7 Å². The fraction of sp³-hybridized carbons (Fsp3) is 0.217. The molecular weight excluding hydrogens is 425 g/mol. The first-order valence-electron chi connectivity index (χ1n) is 9.46. The van der Waals surface area contributed by atoms with Crippen molar-refractivity contribution in [1.82, 2.24) is 0 Å². The van der Waals surface area contributed by atoms with E-state index >= 15 is 0 Å². The van der Waals surface area contributed by atoms with E-state index in [1.807, 2.05) is 42.5 Å². The number of ether oxygens (including phenoxy) is 1. The number of anilines is 1. The Kier molecular flexibility index (Phi) is 5.45. The van der Waals surface area contributed by atoms with Crippen LogP contribution in [0.3, 0.4) is 0 Å². The van der Waals surface area contributed by atoms with Crippen LogP contribution >= 0.6 is 23.2 Å². The van der Waals surface area contributed by atoms with E-state index in [0.717, 1.165) is 10.8 Å². The third kappa shape index (κ3) is 3.43. The second-order valence-corrected chi connectivity index (χ2v) is 8.06. The molecule has 1 atom stereocenters. The van der Waals surface area contributed by atoms with Crippen molar-refractivity contribution in [3.63, 3.8) is 0 Å². The summed E-state index contributed by atoms with van der Waals surface area (Å²) in [6.45, 7) is 1.63. The summed E-state index contributed by atoms with van der Waals surface area (Å²) in [4.78, 5) is 26.2. The number of halogens is 2. The number of ketones is 1. The van der Waals surface area contributed by atoms with E-state index in [-0.39, 0.29) is 41.0 Å². The maximum Gasteiger partial charge on any atom is 0.264 e. The van der Waals surface area contributed by atoms with Gasteiger partial charge in [-0.1, -0.05) is 65.7 Å². The van der Waals surface area contributed by atoms with Crippen LogP contribution in [0.15, 0.2) is 54.6 Å². The summed E-state index contributed by atoms with van der Waals surface area (Å²) >= 11 is 12.5. The number of hydrogen-bond acceptors (Lipinski definition) is 4. The number of hydrogen-bond donors (Lipinski definition) is 1. The van der Waals surface area contributed by atoms with Crippen molar-refractivity contribution in [2.24, 2.45) is 0 Å². The van der Waals surface area contributed by atoms with Gasteiger partial charge < -0.3 is 14.7 Å². The Bertz CT molecular complexity index is 1160. The summed E-state index contributed by atoms with van der Waals surface area (Å²) in [7, 11) is 0. The minimum atomic E-state index is -1.96. The molecule has 4 rings (SSSR count). The molecule has 30 heavy (non-hydrogen) atoms. The monoisotopic (exact) mass is 443 g/mol. The smallest absolute Gasteiger partial charge is 0.264 e. The Labute approximate surface area is 183 Å². The molecule has 1 unspecified atom stereocenters. The number of aliphatic hydroxyl groups is 1. The van der Waals surface area contributed by atoms with Crippen molar-refractivity contribution in [3.05, 3.63) is 70.2 Å². The number of amides is 1. The maximum absolute atomic E-state index is 13.1. The van der Waals surface area contributed by atoms with Crippen LogP contribution in [0.5, 0.6) is 5.75 Å². The van der Waals surface area contributed by atoms with Gasteiger partial charge in [0.1, 0.15) is 18.1 Å². The second kappa shape index (κ2) is 7.91. The maximum atomic E-state index is 13.1. The van der Waals surface area contributed by atoms with Crippen molar-refractivity contribution in [2.45, 2.75) is 18.9 Å². The Morgan fingerprint density at radius 3 is 2.60 bits per heavy atom. The van der Waals surface area contributed by atoms with Gasteiger partial charge in [-0.3, -0.25) is 9.59 Å². The van der Waals surface area contributed by atoms with Crippen LogP contribution in [0.25, 0.3) is 10.8 Å². The minimum Gasteiger partial charge on any atom is -0.491 e. The zero-order valence-electron chi connectivity index (χ0n) is 16.2. The molecule has 0 aromatic heterocycles. The van der Waals surface area contributed by atoms with Crippen LogP contribution in [0.2, 0.25) is 10.0 Å².